The minimum atomic E-state index is -4.62. The van der Waals surface area contributed by atoms with E-state index in [9.17, 15) is 14.8 Å². The molecule has 0 radical (unpaired) electrons. The molecule has 0 bridgehead atoms. The molecule has 3 N–H and O–H groups in total. The number of rotatable bonds is 21. The van der Waals surface area contributed by atoms with E-state index in [0.29, 0.717) is 25.8 Å². The van der Waals surface area contributed by atoms with Crippen LogP contribution in [0.1, 0.15) is 117 Å². The third-order valence-electron chi connectivity index (χ3n) is 5.23. The summed E-state index contributed by atoms with van der Waals surface area (Å²) in [6.45, 7) is 4.86. The van der Waals surface area contributed by atoms with E-state index in [1.165, 1.54) is 19.3 Å². The van der Waals surface area contributed by atoms with Crippen LogP contribution in [0.2, 0.25) is 0 Å². The number of phosphoric acid groups is 1. The van der Waals surface area contributed by atoms with Crippen molar-refractivity contribution in [1.29, 1.82) is 0 Å². The van der Waals surface area contributed by atoms with Gasteiger partial charge in [0.1, 0.15) is 0 Å². The molecule has 0 aromatic rings. The summed E-state index contributed by atoms with van der Waals surface area (Å²) in [5.41, 5.74) is 0. The van der Waals surface area contributed by atoms with Gasteiger partial charge in [-0.05, 0) is 38.0 Å². The molecule has 31 heavy (non-hydrogen) atoms. The summed E-state index contributed by atoms with van der Waals surface area (Å²) in [5, 5.41) is 21.9. The second kappa shape index (κ2) is 22.3. The fourth-order valence-corrected chi connectivity index (χ4v) is 4.00. The first-order valence-electron chi connectivity index (χ1n) is 11.9. The Bertz CT molecular complexity index is 475. The first-order chi connectivity index (χ1) is 14.3. The monoisotopic (exact) mass is 473 g/mol. The van der Waals surface area contributed by atoms with Crippen LogP contribution in [-0.4, -0.2) is 39.5 Å². The average molecular weight is 474 g/mol. The normalized spacial score (nSPS) is 14.3. The molecule has 0 rings (SSSR count). The Morgan fingerprint density at radius 2 is 1.39 bits per heavy atom. The quantitative estimate of drug-likeness (QED) is 0.0769. The first kappa shape index (κ1) is 33.7. The summed E-state index contributed by atoms with van der Waals surface area (Å²) in [7, 11) is -4.62. The third kappa shape index (κ3) is 23.5. The molecule has 0 aliphatic heterocycles. The maximum Gasteiger partial charge on any atom is 1.00 e. The number of unbranched alkanes of at least 4 members (excludes halogenated alkanes) is 10. The van der Waals surface area contributed by atoms with Gasteiger partial charge in [-0.15, -0.1) is 0 Å². The van der Waals surface area contributed by atoms with Crippen molar-refractivity contribution in [2.75, 3.05) is 6.54 Å². The van der Waals surface area contributed by atoms with Crippen LogP contribution >= 0.6 is 7.82 Å². The van der Waals surface area contributed by atoms with Gasteiger partial charge in [0.25, 0.3) is 0 Å². The SMILES string of the molecule is CCCCCCCCC(OP(=O)(O)O)C(O)CCCCCCCC([O-])=NCCCC.[Na+]. The van der Waals surface area contributed by atoms with Crippen LogP contribution < -0.4 is 34.7 Å². The van der Waals surface area contributed by atoms with E-state index >= 15 is 0 Å². The van der Waals surface area contributed by atoms with Crippen molar-refractivity contribution < 1.29 is 58.6 Å². The molecule has 9 heteroatoms. The van der Waals surface area contributed by atoms with Gasteiger partial charge >= 0.3 is 37.4 Å². The van der Waals surface area contributed by atoms with Crippen LogP contribution in [0.3, 0.4) is 0 Å². The van der Waals surface area contributed by atoms with Gasteiger partial charge in [0.15, 0.2) is 0 Å². The van der Waals surface area contributed by atoms with Crippen LogP contribution in [0.4, 0.5) is 0 Å². The van der Waals surface area contributed by atoms with Crippen LogP contribution in [0, 0.1) is 0 Å². The van der Waals surface area contributed by atoms with Gasteiger partial charge < -0.3 is 25.0 Å². The molecule has 0 spiro atoms. The zero-order chi connectivity index (χ0) is 22.7. The van der Waals surface area contributed by atoms with E-state index in [0.717, 1.165) is 64.2 Å². The molecule has 2 unspecified atom stereocenters. The Hall–Kier alpha value is 0.540. The van der Waals surface area contributed by atoms with Crippen molar-refractivity contribution in [3.8, 4) is 0 Å². The number of hydrogen-bond acceptors (Lipinski definition) is 5. The van der Waals surface area contributed by atoms with E-state index < -0.39 is 20.0 Å². The Labute approximate surface area is 212 Å². The number of phosphoric ester groups is 1. The molecule has 0 aliphatic rings. The van der Waals surface area contributed by atoms with Crippen LogP contribution in [0.15, 0.2) is 4.99 Å². The number of aliphatic hydroxyl groups excluding tert-OH is 1. The van der Waals surface area contributed by atoms with E-state index in [1.807, 2.05) is 0 Å². The minimum absolute atomic E-state index is 0. The second-order valence-corrected chi connectivity index (χ2v) is 9.39. The molecule has 0 heterocycles. The Kier molecular flexibility index (Phi) is 24.3. The van der Waals surface area contributed by atoms with Gasteiger partial charge in [0.2, 0.25) is 0 Å². The fraction of sp³-hybridized carbons (Fsp3) is 0.955. The Morgan fingerprint density at radius 1 is 0.871 bits per heavy atom. The molecule has 180 valence electrons. The predicted octanol–water partition coefficient (Wildman–Crippen LogP) is 1.87. The summed E-state index contributed by atoms with van der Waals surface area (Å²) in [4.78, 5) is 22.3. The average Bonchev–Trinajstić information content (AvgIpc) is 2.68. The predicted molar refractivity (Wildman–Crippen MR) is 120 cm³/mol. The molecule has 0 amide bonds. The molecule has 0 aromatic heterocycles. The minimum Gasteiger partial charge on any atom is -0.862 e. The van der Waals surface area contributed by atoms with Gasteiger partial charge in [-0.2, -0.15) is 0 Å². The van der Waals surface area contributed by atoms with E-state index in [1.54, 1.807) is 0 Å². The van der Waals surface area contributed by atoms with Crippen LogP contribution in [0.25, 0.3) is 0 Å². The summed E-state index contributed by atoms with van der Waals surface area (Å²) >= 11 is 0. The maximum atomic E-state index is 11.6. The number of aliphatic imine (C=N–C) groups is 1. The topological polar surface area (TPSA) is 122 Å². The number of aliphatic hydroxyl groups is 1. The van der Waals surface area contributed by atoms with Crippen molar-refractivity contribution >= 4 is 13.7 Å². The van der Waals surface area contributed by atoms with Crippen molar-refractivity contribution in [2.24, 2.45) is 4.99 Å². The smallest absolute Gasteiger partial charge is 0.862 e. The van der Waals surface area contributed by atoms with Gasteiger partial charge in [0, 0.05) is 6.54 Å². The summed E-state index contributed by atoms with van der Waals surface area (Å²) < 4.78 is 16.1. The largest absolute Gasteiger partial charge is 1.00 e. The molecule has 0 saturated carbocycles. The Balaban J connectivity index is 0. The van der Waals surface area contributed by atoms with E-state index in [2.05, 4.69) is 18.8 Å². The zero-order valence-corrected chi connectivity index (χ0v) is 23.0. The van der Waals surface area contributed by atoms with E-state index in [-0.39, 0.29) is 35.5 Å². The maximum absolute atomic E-state index is 11.6. The number of nitrogens with zero attached hydrogens (tertiary/aromatic N) is 1. The summed E-state index contributed by atoms with van der Waals surface area (Å²) in [5.74, 6) is -0.00834. The van der Waals surface area contributed by atoms with Gasteiger partial charge in [0.05, 0.1) is 12.2 Å². The molecule has 2 atom stereocenters. The zero-order valence-electron chi connectivity index (χ0n) is 20.1. The fourth-order valence-electron chi connectivity index (χ4n) is 3.40. The molecule has 0 fully saturated rings. The van der Waals surface area contributed by atoms with Gasteiger partial charge in [-0.3, -0.25) is 4.52 Å². The van der Waals surface area contributed by atoms with E-state index in [4.69, 9.17) is 14.3 Å². The van der Waals surface area contributed by atoms with Crippen molar-refractivity contribution in [3.63, 3.8) is 0 Å². The third-order valence-corrected chi connectivity index (χ3v) is 5.78. The van der Waals surface area contributed by atoms with Gasteiger partial charge in [-0.25, -0.2) is 4.57 Å². The molecule has 0 aromatic carbocycles. The van der Waals surface area contributed by atoms with Crippen LogP contribution in [-0.2, 0) is 9.09 Å². The first-order valence-corrected chi connectivity index (χ1v) is 13.5. The van der Waals surface area contributed by atoms with Crippen molar-refractivity contribution in [1.82, 2.24) is 0 Å². The summed E-state index contributed by atoms with van der Waals surface area (Å²) in [6.07, 6.45) is 12.6. The second-order valence-electron chi connectivity index (χ2n) is 8.19. The standard InChI is InChI=1S/C22H46NO6P.Na/c1-3-5-7-8-11-14-17-21(29-30(26,27)28)20(24)16-13-10-9-12-15-18-22(25)23-19-6-4-2;/h20-21,24H,3-19H2,1-2H3,(H,23,25)(H2,26,27,28);/q;+1/p-1. The molecule has 0 saturated heterocycles. The Morgan fingerprint density at radius 3 is 1.97 bits per heavy atom. The number of hydrogen-bond donors (Lipinski definition) is 3. The summed E-state index contributed by atoms with van der Waals surface area (Å²) in [6, 6.07) is 0. The molecular weight excluding hydrogens is 428 g/mol. The molecular formula is C22H45NNaO6P. The van der Waals surface area contributed by atoms with Crippen molar-refractivity contribution in [3.05, 3.63) is 0 Å². The van der Waals surface area contributed by atoms with Crippen molar-refractivity contribution in [2.45, 2.75) is 129 Å². The molecule has 0 aliphatic carbocycles. The molecule has 7 nitrogen and oxygen atoms in total. The van der Waals surface area contributed by atoms with Crippen LogP contribution in [0.5, 0.6) is 0 Å². The van der Waals surface area contributed by atoms with Gasteiger partial charge in [-0.1, -0.05) is 84.5 Å².